The Morgan fingerprint density at radius 1 is 0.851 bits per heavy atom. The Bertz CT molecular complexity index is 2070. The van der Waals surface area contributed by atoms with E-state index in [4.69, 9.17) is 43.6 Å². The minimum absolute atomic E-state index is 0.0391. The summed E-state index contributed by atoms with van der Waals surface area (Å²) >= 11 is 0. The Kier molecular flexibility index (Phi) is 8.08. The second-order valence-corrected chi connectivity index (χ2v) is 13.5. The lowest BCUT2D eigenvalue weighted by Crippen LogP contribution is -2.39. The number of aromatic nitrogens is 8. The van der Waals surface area contributed by atoms with Gasteiger partial charge in [0.15, 0.2) is 34.8 Å². The van der Waals surface area contributed by atoms with Gasteiger partial charge in [-0.25, -0.2) is 19.1 Å². The number of aromatic amines is 2. The normalized spacial score (nSPS) is 36.6. The zero-order valence-electron chi connectivity index (χ0n) is 23.3. The third-order valence-corrected chi connectivity index (χ3v) is 9.80. The molecule has 0 saturated carbocycles. The highest BCUT2D eigenvalue weighted by Crippen LogP contribution is 2.54. The van der Waals surface area contributed by atoms with Gasteiger partial charge in [0.2, 0.25) is 11.9 Å². The lowest BCUT2D eigenvalue weighted by molar-refractivity contribution is -0.0663. The van der Waals surface area contributed by atoms with Gasteiger partial charge in [0.25, 0.3) is 11.1 Å². The Balaban J connectivity index is 1.19. The van der Waals surface area contributed by atoms with Gasteiger partial charge in [-0.3, -0.25) is 46.8 Å². The predicted molar refractivity (Wildman–Crippen MR) is 155 cm³/mol. The van der Waals surface area contributed by atoms with Gasteiger partial charge in [0.1, 0.15) is 36.6 Å². The van der Waals surface area contributed by atoms with E-state index in [0.29, 0.717) is 0 Å². The first-order valence-electron chi connectivity index (χ1n) is 13.4. The zero-order chi connectivity index (χ0) is 33.4. The standard InChI is InChI=1S/C20H25N10O14P3/c21-19-25-13-7(15(32)27-19)23-3-29(13)17-9(31)10-5(40-17)1-38-47(36,37)44-11-6(2-39-46(34,35)43-10)41-18(12(11)42-45)30-4-24-8-14(30)26-20(22)28-16(8)33/h3-6,9-12,17-18,31H,1-2,45H2,(H,34,35)(H,36,37)(H3,21,25,27,32)(H3,22,26,28,33)/t5-,6-,9+,10?,11+,12?,17-,18-/m1/s1. The van der Waals surface area contributed by atoms with Crippen molar-refractivity contribution in [2.45, 2.75) is 49.1 Å². The number of nitrogens with two attached hydrogens (primary N) is 2. The molecule has 0 spiro atoms. The van der Waals surface area contributed by atoms with E-state index in [1.165, 1.54) is 10.9 Å². The number of rotatable bonds is 3. The second kappa shape index (κ2) is 11.7. The minimum atomic E-state index is -5.07. The lowest BCUT2D eigenvalue weighted by atomic mass is 10.1. The van der Waals surface area contributed by atoms with E-state index < -0.39 is 89.1 Å². The summed E-state index contributed by atoms with van der Waals surface area (Å²) in [5, 5.41) is 11.2. The fourth-order valence-corrected chi connectivity index (χ4v) is 7.73. The van der Waals surface area contributed by atoms with Gasteiger partial charge in [-0.05, 0) is 0 Å². The molecule has 5 unspecified atom stereocenters. The highest BCUT2D eigenvalue weighted by Gasteiger charge is 2.54. The SMILES string of the molecule is Nc1nc2c(ncn2[C@@H]2O[C@@H]3COP(=O)(O)OC4[C@@H](COP(=O)(O)O[C@@H]3C2OP)O[C@@H](n2cnc3c(=O)[nH]c(N)nc32)[C@H]4O)c(=O)[nH]1. The average molecular weight is 722 g/mol. The van der Waals surface area contributed by atoms with Crippen LogP contribution in [0.1, 0.15) is 12.5 Å². The molecule has 3 aliphatic rings. The maximum absolute atomic E-state index is 13.2. The van der Waals surface area contributed by atoms with Crippen molar-refractivity contribution < 1.29 is 56.1 Å². The highest BCUT2D eigenvalue weighted by atomic mass is 31.2. The van der Waals surface area contributed by atoms with E-state index >= 15 is 0 Å². The first kappa shape index (κ1) is 32.3. The number of anilines is 2. The Hall–Kier alpha value is -3.21. The van der Waals surface area contributed by atoms with Crippen molar-refractivity contribution >= 4 is 59.3 Å². The summed E-state index contributed by atoms with van der Waals surface area (Å²) in [5.41, 5.74) is 9.57. The van der Waals surface area contributed by atoms with Crippen LogP contribution in [0.2, 0.25) is 0 Å². The van der Waals surface area contributed by atoms with Gasteiger partial charge < -0.3 is 40.4 Å². The number of imidazole rings is 2. The van der Waals surface area contributed by atoms with Crippen molar-refractivity contribution in [1.29, 1.82) is 0 Å². The smallest absolute Gasteiger partial charge is 0.386 e. The van der Waals surface area contributed by atoms with Gasteiger partial charge in [-0.15, -0.1) is 0 Å². The van der Waals surface area contributed by atoms with Crippen LogP contribution in [0.3, 0.4) is 0 Å². The molecule has 9 N–H and O–H groups in total. The summed E-state index contributed by atoms with van der Waals surface area (Å²) in [6, 6.07) is 0. The first-order valence-corrected chi connectivity index (χ1v) is 16.8. The van der Waals surface area contributed by atoms with E-state index in [-0.39, 0.29) is 34.2 Å². The summed E-state index contributed by atoms with van der Waals surface area (Å²) in [6.07, 6.45) is -9.64. The lowest BCUT2D eigenvalue weighted by Gasteiger charge is -2.28. The summed E-state index contributed by atoms with van der Waals surface area (Å²) in [7, 11) is -8.17. The number of nitrogens with one attached hydrogen (secondary N) is 2. The Morgan fingerprint density at radius 2 is 1.32 bits per heavy atom. The molecule has 254 valence electrons. The number of nitrogens with zero attached hydrogens (tertiary/aromatic N) is 6. The maximum Gasteiger partial charge on any atom is 0.472 e. The summed E-state index contributed by atoms with van der Waals surface area (Å²) in [4.78, 5) is 66.5. The fourth-order valence-electron chi connectivity index (χ4n) is 5.51. The molecule has 47 heavy (non-hydrogen) atoms. The van der Waals surface area contributed by atoms with Crippen LogP contribution in [0.5, 0.6) is 0 Å². The fraction of sp³-hybridized carbons (Fsp3) is 0.500. The van der Waals surface area contributed by atoms with Crippen molar-refractivity contribution in [3.05, 3.63) is 33.4 Å². The highest BCUT2D eigenvalue weighted by molar-refractivity contribution is 7.47. The molecule has 7 rings (SSSR count). The quantitative estimate of drug-likeness (QED) is 0.110. The number of nitrogen functional groups attached to an aromatic ring is 2. The van der Waals surface area contributed by atoms with Crippen LogP contribution in [0.15, 0.2) is 22.2 Å². The van der Waals surface area contributed by atoms with Crippen LogP contribution in [0.25, 0.3) is 22.3 Å². The Labute approximate surface area is 261 Å². The number of phosphoric acid groups is 2. The van der Waals surface area contributed by atoms with E-state index in [9.17, 15) is 33.6 Å². The van der Waals surface area contributed by atoms with E-state index in [1.54, 1.807) is 0 Å². The van der Waals surface area contributed by atoms with Crippen LogP contribution in [-0.4, -0.2) is 104 Å². The topological polar surface area (TPSA) is 339 Å². The second-order valence-electron chi connectivity index (χ2n) is 10.4. The van der Waals surface area contributed by atoms with Gasteiger partial charge in [-0.1, -0.05) is 0 Å². The summed E-state index contributed by atoms with van der Waals surface area (Å²) < 4.78 is 67.1. The molecule has 24 nitrogen and oxygen atoms in total. The third kappa shape index (κ3) is 5.80. The van der Waals surface area contributed by atoms with Gasteiger partial charge in [0.05, 0.1) is 25.9 Å². The molecule has 0 aromatic carbocycles. The number of phosphoric ester groups is 2. The van der Waals surface area contributed by atoms with E-state index in [1.807, 2.05) is 9.47 Å². The molecule has 3 aliphatic heterocycles. The first-order chi connectivity index (χ1) is 22.2. The molecular formula is C20H25N10O14P3. The van der Waals surface area contributed by atoms with Crippen molar-refractivity contribution in [2.24, 2.45) is 0 Å². The van der Waals surface area contributed by atoms with Crippen LogP contribution < -0.4 is 22.6 Å². The maximum atomic E-state index is 13.2. The van der Waals surface area contributed by atoms with Crippen molar-refractivity contribution in [1.82, 2.24) is 39.0 Å². The molecule has 27 heteroatoms. The Morgan fingerprint density at radius 3 is 1.85 bits per heavy atom. The van der Waals surface area contributed by atoms with Crippen molar-refractivity contribution in [2.75, 3.05) is 24.7 Å². The molecule has 0 aliphatic carbocycles. The van der Waals surface area contributed by atoms with E-state index in [2.05, 4.69) is 29.9 Å². The zero-order valence-corrected chi connectivity index (χ0v) is 26.3. The number of hydrogen-bond donors (Lipinski definition) is 7. The monoisotopic (exact) mass is 722 g/mol. The van der Waals surface area contributed by atoms with Gasteiger partial charge in [-0.2, -0.15) is 9.97 Å². The molecule has 4 aromatic rings. The largest absolute Gasteiger partial charge is 0.472 e. The molecular weight excluding hydrogens is 697 g/mol. The summed E-state index contributed by atoms with van der Waals surface area (Å²) in [6.45, 7) is -1.63. The van der Waals surface area contributed by atoms with Gasteiger partial charge >= 0.3 is 15.6 Å². The molecule has 0 amide bonds. The number of aliphatic hydroxyl groups is 1. The molecule has 3 fully saturated rings. The molecule has 4 aromatic heterocycles. The van der Waals surface area contributed by atoms with Crippen LogP contribution >= 0.6 is 25.1 Å². The summed E-state index contributed by atoms with van der Waals surface area (Å²) in [5.74, 6) is -0.511. The molecule has 3 saturated heterocycles. The molecule has 0 radical (unpaired) electrons. The van der Waals surface area contributed by atoms with Crippen LogP contribution in [0, 0.1) is 0 Å². The number of H-pyrrole nitrogens is 2. The molecule has 0 bridgehead atoms. The molecule has 11 atom stereocenters. The number of hydrogen-bond acceptors (Lipinski definition) is 18. The number of fused-ring (bicyclic) bond motifs is 4. The number of aliphatic hydroxyl groups excluding tert-OH is 1. The van der Waals surface area contributed by atoms with E-state index in [0.717, 1.165) is 10.9 Å². The predicted octanol–water partition coefficient (Wildman–Crippen LogP) is -2.23. The van der Waals surface area contributed by atoms with Crippen LogP contribution in [0.4, 0.5) is 11.9 Å². The average Bonchev–Trinajstić information content (AvgIpc) is 3.75. The van der Waals surface area contributed by atoms with Crippen molar-refractivity contribution in [3.63, 3.8) is 0 Å². The number of ether oxygens (including phenoxy) is 2. The van der Waals surface area contributed by atoms with Crippen LogP contribution in [-0.2, 0) is 41.2 Å². The third-order valence-electron chi connectivity index (χ3n) is 7.52. The minimum Gasteiger partial charge on any atom is -0.386 e. The molecule has 7 heterocycles. The van der Waals surface area contributed by atoms with Crippen molar-refractivity contribution in [3.8, 4) is 0 Å². The van der Waals surface area contributed by atoms with Gasteiger partial charge in [0, 0.05) is 9.47 Å².